The number of nitrogens with one attached hydrogen (secondary N) is 1. The Balaban J connectivity index is 1.62. The molecule has 2 aromatic carbocycles. The lowest BCUT2D eigenvalue weighted by atomic mass is 9.85. The van der Waals surface area contributed by atoms with Crippen molar-refractivity contribution in [3.8, 4) is 0 Å². The molecule has 0 saturated heterocycles. The third-order valence-electron chi connectivity index (χ3n) is 5.56. The zero-order valence-corrected chi connectivity index (χ0v) is 17.6. The number of benzene rings is 2. The first-order chi connectivity index (χ1) is 15.0. The van der Waals surface area contributed by atoms with Crippen LogP contribution in [-0.2, 0) is 6.18 Å². The van der Waals surface area contributed by atoms with Gasteiger partial charge in [0.1, 0.15) is 0 Å². The van der Waals surface area contributed by atoms with Gasteiger partial charge in [-0.25, -0.2) is 4.90 Å². The lowest BCUT2D eigenvalue weighted by Crippen LogP contribution is -2.51. The van der Waals surface area contributed by atoms with Crippen LogP contribution < -0.4 is 5.32 Å². The molecule has 3 nitrogen and oxygen atoms in total. The number of rotatable bonds is 5. The van der Waals surface area contributed by atoms with E-state index >= 15 is 0 Å². The molecular formula is C22H21ClF6N2O. The minimum atomic E-state index is -4.86. The van der Waals surface area contributed by atoms with Crippen molar-refractivity contribution in [2.24, 2.45) is 5.92 Å². The molecule has 0 aliphatic heterocycles. The minimum absolute atomic E-state index is 0.0220. The molecule has 1 saturated carbocycles. The minimum Gasteiger partial charge on any atom is -0.385 e. The summed E-state index contributed by atoms with van der Waals surface area (Å²) in [5.74, 6) is -1.21. The number of hydrogen-bond acceptors (Lipinski definition) is 2. The van der Waals surface area contributed by atoms with E-state index in [1.165, 1.54) is 36.4 Å². The molecule has 0 spiro atoms. The summed E-state index contributed by atoms with van der Waals surface area (Å²) < 4.78 is 79.7. The SMILES string of the molecule is O=C(c1ccccc1Cl)N(C1CCC(CNc2cccc(C(F)(F)F)c2)CC1)C(F)(F)F. The molecule has 0 heterocycles. The molecule has 174 valence electrons. The van der Waals surface area contributed by atoms with Crippen LogP contribution in [0.3, 0.4) is 0 Å². The number of anilines is 1. The smallest absolute Gasteiger partial charge is 0.385 e. The molecule has 1 aliphatic rings. The highest BCUT2D eigenvalue weighted by Crippen LogP contribution is 2.36. The highest BCUT2D eigenvalue weighted by Gasteiger charge is 2.46. The van der Waals surface area contributed by atoms with Crippen molar-refractivity contribution in [2.75, 3.05) is 11.9 Å². The topological polar surface area (TPSA) is 32.3 Å². The molecule has 1 fully saturated rings. The largest absolute Gasteiger partial charge is 0.487 e. The monoisotopic (exact) mass is 478 g/mol. The second-order valence-electron chi connectivity index (χ2n) is 7.76. The lowest BCUT2D eigenvalue weighted by Gasteiger charge is -2.38. The molecule has 32 heavy (non-hydrogen) atoms. The summed E-state index contributed by atoms with van der Waals surface area (Å²) in [4.78, 5) is 12.6. The van der Waals surface area contributed by atoms with Crippen LogP contribution in [0.25, 0.3) is 0 Å². The average Bonchev–Trinajstić information content (AvgIpc) is 2.72. The van der Waals surface area contributed by atoms with Gasteiger partial charge < -0.3 is 5.32 Å². The van der Waals surface area contributed by atoms with Crippen LogP contribution >= 0.6 is 11.6 Å². The molecule has 0 aromatic heterocycles. The van der Waals surface area contributed by atoms with Crippen LogP contribution in [0.4, 0.5) is 32.0 Å². The van der Waals surface area contributed by atoms with Crippen LogP contribution in [-0.4, -0.2) is 29.7 Å². The number of nitrogens with zero attached hydrogens (tertiary/aromatic N) is 1. The highest BCUT2D eigenvalue weighted by molar-refractivity contribution is 6.33. The van der Waals surface area contributed by atoms with E-state index in [-0.39, 0.29) is 34.2 Å². The molecule has 1 N–H and O–H groups in total. The molecule has 0 radical (unpaired) electrons. The zero-order chi connectivity index (χ0) is 23.5. The molecule has 1 aliphatic carbocycles. The normalized spacial score (nSPS) is 19.5. The van der Waals surface area contributed by atoms with E-state index in [4.69, 9.17) is 11.6 Å². The van der Waals surface area contributed by atoms with Crippen LogP contribution in [0.2, 0.25) is 5.02 Å². The predicted octanol–water partition coefficient (Wildman–Crippen LogP) is 6.99. The highest BCUT2D eigenvalue weighted by atomic mass is 35.5. The molecule has 10 heteroatoms. The lowest BCUT2D eigenvalue weighted by molar-refractivity contribution is -0.239. The van der Waals surface area contributed by atoms with Crippen LogP contribution in [0.15, 0.2) is 48.5 Å². The second kappa shape index (κ2) is 9.60. The zero-order valence-electron chi connectivity index (χ0n) is 16.8. The number of carbonyl (C=O) groups excluding carboxylic acids is 1. The van der Waals surface area contributed by atoms with Gasteiger partial charge in [-0.3, -0.25) is 4.79 Å². The van der Waals surface area contributed by atoms with Crippen LogP contribution in [0, 0.1) is 5.92 Å². The second-order valence-corrected chi connectivity index (χ2v) is 8.16. The fourth-order valence-electron chi connectivity index (χ4n) is 3.93. The van der Waals surface area contributed by atoms with Gasteiger partial charge in [0.25, 0.3) is 5.91 Å². The Morgan fingerprint density at radius 2 is 1.62 bits per heavy atom. The fourth-order valence-corrected chi connectivity index (χ4v) is 4.14. The molecule has 3 rings (SSSR count). The van der Waals surface area contributed by atoms with Gasteiger partial charge in [0.05, 0.1) is 16.1 Å². The fraction of sp³-hybridized carbons (Fsp3) is 0.409. The van der Waals surface area contributed by atoms with Crippen LogP contribution in [0.1, 0.15) is 41.6 Å². The average molecular weight is 479 g/mol. The van der Waals surface area contributed by atoms with E-state index in [1.807, 2.05) is 0 Å². The Bertz CT molecular complexity index is 939. The molecule has 1 amide bonds. The summed E-state index contributed by atoms with van der Waals surface area (Å²) in [6.45, 7) is 0.332. The van der Waals surface area contributed by atoms with Crippen molar-refractivity contribution in [3.05, 3.63) is 64.7 Å². The molecule has 2 aromatic rings. The van der Waals surface area contributed by atoms with E-state index in [2.05, 4.69) is 5.32 Å². The molecule has 0 bridgehead atoms. The van der Waals surface area contributed by atoms with Crippen molar-refractivity contribution in [1.29, 1.82) is 0 Å². The van der Waals surface area contributed by atoms with Crippen molar-refractivity contribution in [3.63, 3.8) is 0 Å². The van der Waals surface area contributed by atoms with Gasteiger partial charge in [-0.05, 0) is 61.9 Å². The van der Waals surface area contributed by atoms with Gasteiger partial charge in [-0.2, -0.15) is 13.2 Å². The Kier molecular flexibility index (Phi) is 7.27. The summed E-state index contributed by atoms with van der Waals surface area (Å²) in [6, 6.07) is 9.34. The van der Waals surface area contributed by atoms with Gasteiger partial charge in [0.2, 0.25) is 0 Å². The summed E-state index contributed by atoms with van der Waals surface area (Å²) in [5.41, 5.74) is -0.683. The third kappa shape index (κ3) is 5.88. The summed E-state index contributed by atoms with van der Waals surface area (Å²) >= 11 is 5.92. The Morgan fingerprint density at radius 1 is 0.969 bits per heavy atom. The Labute approximate surface area is 186 Å². The molecular weight excluding hydrogens is 458 g/mol. The van der Waals surface area contributed by atoms with Gasteiger partial charge in [-0.1, -0.05) is 29.8 Å². The number of carbonyl (C=O) groups is 1. The first kappa shape index (κ1) is 24.2. The van der Waals surface area contributed by atoms with Gasteiger partial charge in [0.15, 0.2) is 0 Å². The van der Waals surface area contributed by atoms with E-state index in [9.17, 15) is 31.1 Å². The van der Waals surface area contributed by atoms with Gasteiger partial charge in [0, 0.05) is 18.3 Å². The number of alkyl halides is 6. The molecule has 0 unspecified atom stereocenters. The first-order valence-electron chi connectivity index (χ1n) is 10.0. The van der Waals surface area contributed by atoms with E-state index in [1.54, 1.807) is 0 Å². The maximum Gasteiger partial charge on any atom is 0.487 e. The van der Waals surface area contributed by atoms with Crippen LogP contribution in [0.5, 0.6) is 0 Å². The van der Waals surface area contributed by atoms with Crippen molar-refractivity contribution in [2.45, 2.75) is 44.2 Å². The van der Waals surface area contributed by atoms with E-state index in [0.29, 0.717) is 25.1 Å². The standard InChI is InChI=1S/C22H21ClF6N2O/c23-19-7-2-1-6-18(19)20(32)31(22(27,28)29)17-10-8-14(9-11-17)13-30-16-5-3-4-15(12-16)21(24,25)26/h1-7,12,14,17,30H,8-11,13H2. The predicted molar refractivity (Wildman–Crippen MR) is 109 cm³/mol. The van der Waals surface area contributed by atoms with Gasteiger partial charge in [-0.15, -0.1) is 13.2 Å². The van der Waals surface area contributed by atoms with E-state index < -0.39 is 30.0 Å². The summed E-state index contributed by atoms with van der Waals surface area (Å²) in [5, 5.41) is 2.89. The van der Waals surface area contributed by atoms with Gasteiger partial charge >= 0.3 is 12.5 Å². The molecule has 0 atom stereocenters. The first-order valence-corrected chi connectivity index (χ1v) is 10.4. The quantitative estimate of drug-likeness (QED) is 0.371. The Hall–Kier alpha value is -2.42. The maximum atomic E-state index is 13.7. The van der Waals surface area contributed by atoms with Crippen molar-refractivity contribution in [1.82, 2.24) is 4.90 Å². The van der Waals surface area contributed by atoms with Crippen molar-refractivity contribution >= 4 is 23.2 Å². The number of amides is 1. The van der Waals surface area contributed by atoms with Crippen molar-refractivity contribution < 1.29 is 31.1 Å². The third-order valence-corrected chi connectivity index (χ3v) is 5.89. The summed E-state index contributed by atoms with van der Waals surface area (Å²) in [7, 11) is 0. The van der Waals surface area contributed by atoms with E-state index in [0.717, 1.165) is 12.1 Å². The number of hydrogen-bond donors (Lipinski definition) is 1. The maximum absolute atomic E-state index is 13.7. The summed E-state index contributed by atoms with van der Waals surface area (Å²) in [6.07, 6.45) is -8.25. The number of halogens is 7. The Morgan fingerprint density at radius 3 is 2.22 bits per heavy atom.